The smallest absolute Gasteiger partial charge is 0.0689 e. The predicted molar refractivity (Wildman–Crippen MR) is 86.1 cm³/mol. The maximum atomic E-state index is 6.92. The van der Waals surface area contributed by atoms with E-state index < -0.39 is 5.54 Å². The van der Waals surface area contributed by atoms with Crippen LogP contribution in [0, 0.1) is 0 Å². The average molecular weight is 274 g/mol. The monoisotopic (exact) mass is 274 g/mol. The van der Waals surface area contributed by atoms with Gasteiger partial charge in [0.1, 0.15) is 0 Å². The van der Waals surface area contributed by atoms with Crippen LogP contribution in [0.5, 0.6) is 0 Å². The summed E-state index contributed by atoms with van der Waals surface area (Å²) in [6, 6.07) is 16.9. The minimum atomic E-state index is -0.428. The van der Waals surface area contributed by atoms with E-state index in [1.165, 1.54) is 16.5 Å². The van der Waals surface area contributed by atoms with Crippen molar-refractivity contribution in [1.29, 1.82) is 0 Å². The number of nitrogens with two attached hydrogens (primary N) is 1. The summed E-state index contributed by atoms with van der Waals surface area (Å²) in [5, 5.41) is 2.37. The van der Waals surface area contributed by atoms with Crippen molar-refractivity contribution < 1.29 is 0 Å². The lowest BCUT2D eigenvalue weighted by molar-refractivity contribution is 0.445. The summed E-state index contributed by atoms with van der Waals surface area (Å²) in [4.78, 5) is 4.43. The molecule has 1 heterocycles. The summed E-state index contributed by atoms with van der Waals surface area (Å²) in [7, 11) is 0. The molecule has 1 aliphatic rings. The van der Waals surface area contributed by atoms with E-state index in [4.69, 9.17) is 5.73 Å². The molecule has 3 aromatic rings. The molecule has 0 bridgehead atoms. The topological polar surface area (TPSA) is 38.9 Å². The van der Waals surface area contributed by atoms with Crippen LogP contribution in [0.4, 0.5) is 0 Å². The molecule has 1 aromatic heterocycles. The van der Waals surface area contributed by atoms with E-state index in [0.29, 0.717) is 0 Å². The van der Waals surface area contributed by atoms with Crippen molar-refractivity contribution in [1.82, 2.24) is 4.98 Å². The molecule has 2 N–H and O–H groups in total. The van der Waals surface area contributed by atoms with E-state index in [0.717, 1.165) is 30.2 Å². The van der Waals surface area contributed by atoms with Crippen LogP contribution in [0.1, 0.15) is 29.5 Å². The Labute approximate surface area is 124 Å². The molecule has 1 atom stereocenters. The molecule has 2 aromatic carbocycles. The van der Waals surface area contributed by atoms with E-state index in [1.807, 2.05) is 18.5 Å². The first-order valence-corrected chi connectivity index (χ1v) is 7.49. The van der Waals surface area contributed by atoms with Crippen molar-refractivity contribution >= 4 is 10.8 Å². The Morgan fingerprint density at radius 3 is 2.67 bits per heavy atom. The minimum absolute atomic E-state index is 0.428. The van der Waals surface area contributed by atoms with Crippen LogP contribution < -0.4 is 5.73 Å². The van der Waals surface area contributed by atoms with Crippen LogP contribution in [-0.4, -0.2) is 4.98 Å². The second-order valence-corrected chi connectivity index (χ2v) is 5.89. The first-order chi connectivity index (χ1) is 10.3. The Bertz CT molecular complexity index is 804. The first kappa shape index (κ1) is 12.5. The number of rotatable bonds is 1. The maximum absolute atomic E-state index is 6.92. The van der Waals surface area contributed by atoms with Gasteiger partial charge in [0.15, 0.2) is 0 Å². The minimum Gasteiger partial charge on any atom is -0.318 e. The number of fused-ring (bicyclic) bond motifs is 2. The van der Waals surface area contributed by atoms with Crippen LogP contribution in [0.25, 0.3) is 10.8 Å². The van der Waals surface area contributed by atoms with Gasteiger partial charge in [0.25, 0.3) is 0 Å². The zero-order valence-electron chi connectivity index (χ0n) is 11.9. The molecule has 1 aliphatic carbocycles. The van der Waals surface area contributed by atoms with Crippen LogP contribution in [-0.2, 0) is 12.0 Å². The lowest BCUT2D eigenvalue weighted by Crippen LogP contribution is -2.41. The third kappa shape index (κ3) is 1.87. The van der Waals surface area contributed by atoms with Gasteiger partial charge in [0.05, 0.1) is 5.54 Å². The van der Waals surface area contributed by atoms with Crippen LogP contribution in [0.2, 0.25) is 0 Å². The Morgan fingerprint density at radius 1 is 0.905 bits per heavy atom. The number of nitrogens with zero attached hydrogens (tertiary/aromatic N) is 1. The van der Waals surface area contributed by atoms with Gasteiger partial charge in [-0.25, -0.2) is 0 Å². The number of pyridine rings is 1. The highest BCUT2D eigenvalue weighted by molar-refractivity contribution is 5.86. The highest BCUT2D eigenvalue weighted by atomic mass is 14.8. The quantitative estimate of drug-likeness (QED) is 0.733. The molecule has 1 unspecified atom stereocenters. The largest absolute Gasteiger partial charge is 0.318 e. The predicted octanol–water partition coefficient (Wildman–Crippen LogP) is 3.77. The van der Waals surface area contributed by atoms with Crippen molar-refractivity contribution in [3.8, 4) is 0 Å². The molecular formula is C19H18N2. The van der Waals surface area contributed by atoms with Gasteiger partial charge in [-0.05, 0) is 35.8 Å². The van der Waals surface area contributed by atoms with E-state index in [1.54, 1.807) is 0 Å². The molecule has 0 fully saturated rings. The van der Waals surface area contributed by atoms with Gasteiger partial charge >= 0.3 is 0 Å². The summed E-state index contributed by atoms with van der Waals surface area (Å²) in [6.45, 7) is 0. The van der Waals surface area contributed by atoms with Crippen LogP contribution in [0.15, 0.2) is 60.9 Å². The van der Waals surface area contributed by atoms with Gasteiger partial charge in [-0.2, -0.15) is 0 Å². The molecule has 21 heavy (non-hydrogen) atoms. The van der Waals surface area contributed by atoms with E-state index in [2.05, 4.69) is 47.4 Å². The number of aryl methyl sites for hydroxylation is 1. The van der Waals surface area contributed by atoms with Gasteiger partial charge in [0.2, 0.25) is 0 Å². The van der Waals surface area contributed by atoms with Crippen molar-refractivity contribution in [3.63, 3.8) is 0 Å². The Balaban J connectivity index is 2.01. The molecule has 104 valence electrons. The van der Waals surface area contributed by atoms with Crippen LogP contribution in [0.3, 0.4) is 0 Å². The number of hydrogen-bond acceptors (Lipinski definition) is 2. The summed E-state index contributed by atoms with van der Waals surface area (Å²) in [5.41, 5.74) is 10.3. The molecule has 0 spiro atoms. The second-order valence-electron chi connectivity index (χ2n) is 5.89. The Kier molecular flexibility index (Phi) is 2.79. The number of benzene rings is 2. The summed E-state index contributed by atoms with van der Waals surface area (Å²) in [6.07, 6.45) is 7.07. The van der Waals surface area contributed by atoms with Gasteiger partial charge in [-0.15, -0.1) is 0 Å². The SMILES string of the molecule is NC1(c2cncc3ccccc23)CCCc2ccccc21. The highest BCUT2D eigenvalue weighted by Crippen LogP contribution is 2.40. The lowest BCUT2D eigenvalue weighted by atomic mass is 9.72. The normalized spacial score (nSPS) is 21.2. The van der Waals surface area contributed by atoms with E-state index >= 15 is 0 Å². The molecule has 0 radical (unpaired) electrons. The summed E-state index contributed by atoms with van der Waals surface area (Å²) in [5.74, 6) is 0. The first-order valence-electron chi connectivity index (χ1n) is 7.49. The molecule has 0 saturated heterocycles. The Morgan fingerprint density at radius 2 is 1.71 bits per heavy atom. The van der Waals surface area contributed by atoms with Crippen molar-refractivity contribution in [3.05, 3.63) is 77.6 Å². The fourth-order valence-corrected chi connectivity index (χ4v) is 3.62. The van der Waals surface area contributed by atoms with Gasteiger partial charge in [-0.3, -0.25) is 4.98 Å². The standard InChI is InChI=1S/C19H18N2/c20-19(11-5-8-14-6-2-4-10-17(14)19)18-13-21-12-15-7-1-3-9-16(15)18/h1-4,6-7,9-10,12-13H,5,8,11,20H2. The summed E-state index contributed by atoms with van der Waals surface area (Å²) < 4.78 is 0. The third-order valence-corrected chi connectivity index (χ3v) is 4.66. The van der Waals surface area contributed by atoms with Gasteiger partial charge in [-0.1, -0.05) is 48.5 Å². The van der Waals surface area contributed by atoms with Gasteiger partial charge in [0, 0.05) is 23.3 Å². The highest BCUT2D eigenvalue weighted by Gasteiger charge is 2.35. The zero-order valence-corrected chi connectivity index (χ0v) is 11.9. The average Bonchev–Trinajstić information content (AvgIpc) is 2.55. The lowest BCUT2D eigenvalue weighted by Gasteiger charge is -2.36. The molecule has 0 amide bonds. The van der Waals surface area contributed by atoms with E-state index in [9.17, 15) is 0 Å². The second kappa shape index (κ2) is 4.68. The third-order valence-electron chi connectivity index (χ3n) is 4.66. The van der Waals surface area contributed by atoms with Gasteiger partial charge < -0.3 is 5.73 Å². The van der Waals surface area contributed by atoms with Crippen molar-refractivity contribution in [2.75, 3.05) is 0 Å². The number of aromatic nitrogens is 1. The van der Waals surface area contributed by atoms with E-state index in [-0.39, 0.29) is 0 Å². The fraction of sp³-hybridized carbons (Fsp3) is 0.211. The van der Waals surface area contributed by atoms with Crippen molar-refractivity contribution in [2.45, 2.75) is 24.8 Å². The molecule has 4 rings (SSSR count). The molecule has 2 heteroatoms. The molecule has 0 aliphatic heterocycles. The molecule has 2 nitrogen and oxygen atoms in total. The zero-order chi connectivity index (χ0) is 14.3. The Hall–Kier alpha value is -2.19. The van der Waals surface area contributed by atoms with Crippen molar-refractivity contribution in [2.24, 2.45) is 5.73 Å². The fourth-order valence-electron chi connectivity index (χ4n) is 3.62. The molecular weight excluding hydrogens is 256 g/mol. The number of hydrogen-bond donors (Lipinski definition) is 1. The van der Waals surface area contributed by atoms with Crippen LogP contribution >= 0.6 is 0 Å². The maximum Gasteiger partial charge on any atom is 0.0689 e. The summed E-state index contributed by atoms with van der Waals surface area (Å²) >= 11 is 0. The molecule has 0 saturated carbocycles.